The van der Waals surface area contributed by atoms with Crippen molar-refractivity contribution in [3.05, 3.63) is 70.5 Å². The highest BCUT2D eigenvalue weighted by Gasteiger charge is 2.36. The average Bonchev–Trinajstić information content (AvgIpc) is 3.31. The molecule has 0 bridgehead atoms. The molecule has 204 valence electrons. The van der Waals surface area contributed by atoms with Crippen molar-refractivity contribution in [3.8, 4) is 0 Å². The van der Waals surface area contributed by atoms with Crippen molar-refractivity contribution in [1.29, 1.82) is 0 Å². The Morgan fingerprint density at radius 3 is 2.47 bits per heavy atom. The Hall–Kier alpha value is -2.81. The third-order valence-corrected chi connectivity index (χ3v) is 7.09. The maximum atomic E-state index is 14.9. The molecule has 2 heterocycles. The fourth-order valence-corrected chi connectivity index (χ4v) is 5.01. The molecular weight excluding hydrogens is 507 g/mol. The van der Waals surface area contributed by atoms with Crippen LogP contribution < -0.4 is 0 Å². The van der Waals surface area contributed by atoms with Crippen LogP contribution >= 0.6 is 11.6 Å². The van der Waals surface area contributed by atoms with E-state index in [2.05, 4.69) is 10.0 Å². The predicted molar refractivity (Wildman–Crippen MR) is 147 cm³/mol. The molecule has 2 aromatic carbocycles. The molecule has 9 heteroatoms. The SMILES string of the molecule is CC(C)(C)CC(=O)N(CCN1CCOCC1)CC(=O)N1N=C(c2ccccc2Cl)C[C@@H]1c1ccccc1F. The van der Waals surface area contributed by atoms with Crippen molar-refractivity contribution in [3.63, 3.8) is 0 Å². The number of carbonyl (C=O) groups excluding carboxylic acids is 2. The highest BCUT2D eigenvalue weighted by Crippen LogP contribution is 2.35. The number of morpholine rings is 1. The van der Waals surface area contributed by atoms with Crippen LogP contribution in [0, 0.1) is 11.2 Å². The fraction of sp³-hybridized carbons (Fsp3) is 0.483. The van der Waals surface area contributed by atoms with E-state index in [1.54, 1.807) is 29.2 Å². The van der Waals surface area contributed by atoms with E-state index in [1.807, 2.05) is 39.0 Å². The molecule has 1 fully saturated rings. The van der Waals surface area contributed by atoms with Crippen molar-refractivity contribution in [2.75, 3.05) is 45.9 Å². The standard InChI is InChI=1S/C29H36ClFN4O3/c1-29(2,3)19-27(36)34(13-12-33-14-16-38-17-15-33)20-28(37)35-26(22-9-5-7-11-24(22)31)18-25(32-35)21-8-4-6-10-23(21)30/h4-11,26H,12-20H2,1-3H3/t26-/m1/s1. The van der Waals surface area contributed by atoms with Gasteiger partial charge in [0.25, 0.3) is 5.91 Å². The lowest BCUT2D eigenvalue weighted by atomic mass is 9.91. The first kappa shape index (κ1) is 28.2. The normalized spacial score (nSPS) is 18.4. The molecule has 0 saturated carbocycles. The van der Waals surface area contributed by atoms with Gasteiger partial charge in [-0.05, 0) is 17.5 Å². The van der Waals surface area contributed by atoms with Gasteiger partial charge in [0.1, 0.15) is 12.4 Å². The molecule has 4 rings (SSSR count). The lowest BCUT2D eigenvalue weighted by Crippen LogP contribution is -2.47. The van der Waals surface area contributed by atoms with Crippen LogP contribution in [0.5, 0.6) is 0 Å². The number of nitrogens with zero attached hydrogens (tertiary/aromatic N) is 4. The van der Waals surface area contributed by atoms with Gasteiger partial charge in [-0.2, -0.15) is 5.10 Å². The van der Waals surface area contributed by atoms with E-state index in [4.69, 9.17) is 16.3 Å². The number of hydrogen-bond acceptors (Lipinski definition) is 5. The minimum Gasteiger partial charge on any atom is -0.379 e. The summed E-state index contributed by atoms with van der Waals surface area (Å²) in [6.45, 7) is 9.84. The van der Waals surface area contributed by atoms with E-state index < -0.39 is 11.9 Å². The Balaban J connectivity index is 1.59. The molecule has 1 atom stereocenters. The van der Waals surface area contributed by atoms with E-state index in [0.717, 1.165) is 13.1 Å². The Labute approximate surface area is 229 Å². The van der Waals surface area contributed by atoms with E-state index in [9.17, 15) is 14.0 Å². The van der Waals surface area contributed by atoms with Gasteiger partial charge in [0.15, 0.2) is 0 Å². The molecule has 0 aliphatic carbocycles. The molecule has 1 saturated heterocycles. The number of carbonyl (C=O) groups is 2. The molecule has 0 unspecified atom stereocenters. The van der Waals surface area contributed by atoms with Crippen LogP contribution in [0.25, 0.3) is 0 Å². The molecule has 0 aromatic heterocycles. The van der Waals surface area contributed by atoms with Crippen LogP contribution in [-0.4, -0.2) is 78.3 Å². The van der Waals surface area contributed by atoms with Crippen molar-refractivity contribution in [2.24, 2.45) is 10.5 Å². The molecule has 2 amide bonds. The van der Waals surface area contributed by atoms with Crippen molar-refractivity contribution >= 4 is 29.1 Å². The highest BCUT2D eigenvalue weighted by atomic mass is 35.5. The van der Waals surface area contributed by atoms with E-state index in [0.29, 0.717) is 61.0 Å². The second kappa shape index (κ2) is 12.4. The fourth-order valence-electron chi connectivity index (χ4n) is 4.77. The van der Waals surface area contributed by atoms with Crippen LogP contribution in [0.2, 0.25) is 5.02 Å². The van der Waals surface area contributed by atoms with Gasteiger partial charge in [0.2, 0.25) is 5.91 Å². The summed E-state index contributed by atoms with van der Waals surface area (Å²) < 4.78 is 20.3. The number of rotatable bonds is 8. The Morgan fingerprint density at radius 1 is 1.11 bits per heavy atom. The van der Waals surface area contributed by atoms with Crippen LogP contribution in [-0.2, 0) is 14.3 Å². The highest BCUT2D eigenvalue weighted by molar-refractivity contribution is 6.34. The summed E-state index contributed by atoms with van der Waals surface area (Å²) in [5.74, 6) is -0.848. The summed E-state index contributed by atoms with van der Waals surface area (Å²) in [5, 5.41) is 6.49. The van der Waals surface area contributed by atoms with Gasteiger partial charge in [-0.3, -0.25) is 14.5 Å². The van der Waals surface area contributed by atoms with Crippen LogP contribution in [0.1, 0.15) is 50.8 Å². The van der Waals surface area contributed by atoms with Gasteiger partial charge in [-0.1, -0.05) is 68.8 Å². The molecule has 38 heavy (non-hydrogen) atoms. The Morgan fingerprint density at radius 2 is 1.79 bits per heavy atom. The van der Waals surface area contributed by atoms with E-state index in [-0.39, 0.29) is 23.8 Å². The van der Waals surface area contributed by atoms with Crippen LogP contribution in [0.3, 0.4) is 0 Å². The maximum Gasteiger partial charge on any atom is 0.262 e. The first-order chi connectivity index (χ1) is 18.1. The van der Waals surface area contributed by atoms with Crippen LogP contribution in [0.15, 0.2) is 53.6 Å². The van der Waals surface area contributed by atoms with Gasteiger partial charge >= 0.3 is 0 Å². The zero-order valence-electron chi connectivity index (χ0n) is 22.3. The molecule has 0 N–H and O–H groups in total. The lowest BCUT2D eigenvalue weighted by molar-refractivity contribution is -0.142. The zero-order chi connectivity index (χ0) is 27.3. The number of halogens is 2. The monoisotopic (exact) mass is 542 g/mol. The number of hydrazone groups is 1. The quantitative estimate of drug-likeness (QED) is 0.483. The molecule has 7 nitrogen and oxygen atoms in total. The number of amides is 2. The zero-order valence-corrected chi connectivity index (χ0v) is 23.1. The lowest BCUT2D eigenvalue weighted by Gasteiger charge is -2.32. The Kier molecular flexibility index (Phi) is 9.18. The predicted octanol–water partition coefficient (Wildman–Crippen LogP) is 4.75. The first-order valence-electron chi connectivity index (χ1n) is 13.1. The summed E-state index contributed by atoms with van der Waals surface area (Å²) in [6.07, 6.45) is 0.633. The topological polar surface area (TPSA) is 65.5 Å². The summed E-state index contributed by atoms with van der Waals surface area (Å²) in [5.41, 5.74) is 1.47. The molecule has 2 aliphatic heterocycles. The summed E-state index contributed by atoms with van der Waals surface area (Å²) in [4.78, 5) is 30.9. The van der Waals surface area contributed by atoms with E-state index >= 15 is 0 Å². The molecule has 0 radical (unpaired) electrons. The second-order valence-corrected chi connectivity index (χ2v) is 11.4. The third-order valence-electron chi connectivity index (χ3n) is 6.77. The smallest absolute Gasteiger partial charge is 0.262 e. The van der Waals surface area contributed by atoms with Crippen LogP contribution in [0.4, 0.5) is 4.39 Å². The van der Waals surface area contributed by atoms with Gasteiger partial charge < -0.3 is 9.64 Å². The molecular formula is C29H36ClFN4O3. The number of ether oxygens (including phenoxy) is 1. The van der Waals surface area contributed by atoms with Gasteiger partial charge in [-0.15, -0.1) is 0 Å². The van der Waals surface area contributed by atoms with Gasteiger partial charge in [0, 0.05) is 55.2 Å². The number of hydrogen-bond donors (Lipinski definition) is 0. The second-order valence-electron chi connectivity index (χ2n) is 11.0. The average molecular weight is 543 g/mol. The molecule has 0 spiro atoms. The van der Waals surface area contributed by atoms with Gasteiger partial charge in [-0.25, -0.2) is 9.40 Å². The van der Waals surface area contributed by atoms with Gasteiger partial charge in [0.05, 0.1) is 25.0 Å². The summed E-state index contributed by atoms with van der Waals surface area (Å²) >= 11 is 6.43. The van der Waals surface area contributed by atoms with Crippen molar-refractivity contribution in [1.82, 2.24) is 14.8 Å². The Bertz CT molecular complexity index is 1180. The largest absolute Gasteiger partial charge is 0.379 e. The van der Waals surface area contributed by atoms with Crippen molar-refractivity contribution in [2.45, 2.75) is 39.7 Å². The molecule has 2 aliphatic rings. The first-order valence-corrected chi connectivity index (χ1v) is 13.5. The van der Waals surface area contributed by atoms with Crippen molar-refractivity contribution < 1.29 is 18.7 Å². The number of benzene rings is 2. The maximum absolute atomic E-state index is 14.9. The van der Waals surface area contributed by atoms with E-state index in [1.165, 1.54) is 11.1 Å². The summed E-state index contributed by atoms with van der Waals surface area (Å²) in [6, 6.07) is 13.1. The minimum atomic E-state index is -0.631. The summed E-state index contributed by atoms with van der Waals surface area (Å²) in [7, 11) is 0. The third kappa shape index (κ3) is 7.18. The minimum absolute atomic E-state index is 0.0870. The molecule has 2 aromatic rings.